The van der Waals surface area contributed by atoms with Crippen LogP contribution < -0.4 is 0 Å². The molecule has 0 aromatic heterocycles. The van der Waals surface area contributed by atoms with Gasteiger partial charge in [0, 0.05) is 0 Å². The lowest BCUT2D eigenvalue weighted by Crippen LogP contribution is -2.20. The van der Waals surface area contributed by atoms with Gasteiger partial charge in [0.05, 0.1) is 0 Å². The van der Waals surface area contributed by atoms with Gasteiger partial charge in [-0.1, -0.05) is 50.4 Å². The zero-order chi connectivity index (χ0) is 14.7. The van der Waals surface area contributed by atoms with E-state index < -0.39 is 0 Å². The summed E-state index contributed by atoms with van der Waals surface area (Å²) in [7, 11) is 0. The Morgan fingerprint density at radius 2 is 1.70 bits per heavy atom. The molecule has 1 aromatic carbocycles. The van der Waals surface area contributed by atoms with Crippen LogP contribution in [-0.2, 0) is 6.42 Å². The lowest BCUT2D eigenvalue weighted by Gasteiger charge is -2.31. The predicted molar refractivity (Wildman–Crippen MR) is 88.9 cm³/mol. The van der Waals surface area contributed by atoms with Crippen LogP contribution in [0.25, 0.3) is 0 Å². The van der Waals surface area contributed by atoms with Gasteiger partial charge in [0.25, 0.3) is 0 Å². The van der Waals surface area contributed by atoms with Gasteiger partial charge in [0.15, 0.2) is 0 Å². The molecular weight excluding hydrogens is 240 g/mol. The van der Waals surface area contributed by atoms with Crippen molar-refractivity contribution in [2.75, 3.05) is 0 Å². The molecule has 0 saturated carbocycles. The molecule has 0 amide bonds. The third-order valence-corrected chi connectivity index (χ3v) is 4.80. The van der Waals surface area contributed by atoms with Crippen molar-refractivity contribution < 1.29 is 0 Å². The van der Waals surface area contributed by atoms with Crippen LogP contribution in [0.3, 0.4) is 0 Å². The average molecular weight is 266 g/mol. The molecule has 1 aromatic rings. The fourth-order valence-corrected chi connectivity index (χ4v) is 3.19. The van der Waals surface area contributed by atoms with Gasteiger partial charge < -0.3 is 0 Å². The largest absolute Gasteiger partial charge is 0.0988 e. The summed E-state index contributed by atoms with van der Waals surface area (Å²) in [5.41, 5.74) is 7.04. The number of benzene rings is 1. The van der Waals surface area contributed by atoms with Gasteiger partial charge in [0.1, 0.15) is 0 Å². The van der Waals surface area contributed by atoms with E-state index >= 15 is 0 Å². The minimum absolute atomic E-state index is 0.716. The lowest BCUT2D eigenvalue weighted by atomic mass is 9.74. The van der Waals surface area contributed by atoms with Crippen molar-refractivity contribution in [2.45, 2.75) is 40.0 Å². The number of allylic oxidation sites excluding steroid dienone is 4. The van der Waals surface area contributed by atoms with Gasteiger partial charge in [-0.05, 0) is 72.8 Å². The molecule has 0 fully saturated rings. The molecule has 0 radical (unpaired) electrons. The second-order valence-electron chi connectivity index (χ2n) is 6.23. The maximum atomic E-state index is 3.97. The molecule has 0 heteroatoms. The Kier molecular flexibility index (Phi) is 4.65. The summed E-state index contributed by atoms with van der Waals surface area (Å²) in [6, 6.07) is 6.88. The summed E-state index contributed by atoms with van der Waals surface area (Å²) in [6.45, 7) is 14.7. The van der Waals surface area contributed by atoms with Crippen LogP contribution in [0.2, 0.25) is 0 Å². The van der Waals surface area contributed by atoms with Crippen molar-refractivity contribution in [3.63, 3.8) is 0 Å². The zero-order valence-corrected chi connectivity index (χ0v) is 13.1. The topological polar surface area (TPSA) is 0 Å². The van der Waals surface area contributed by atoms with Gasteiger partial charge >= 0.3 is 0 Å². The highest BCUT2D eigenvalue weighted by molar-refractivity contribution is 5.35. The van der Waals surface area contributed by atoms with E-state index in [2.05, 4.69) is 52.1 Å². The second kappa shape index (κ2) is 6.26. The average Bonchev–Trinajstić information content (AvgIpc) is 2.44. The maximum Gasteiger partial charge on any atom is -0.0242 e. The Morgan fingerprint density at radius 1 is 1.05 bits per heavy atom. The Balaban J connectivity index is 2.17. The number of rotatable bonds is 4. The first kappa shape index (κ1) is 14.8. The minimum atomic E-state index is 0.716. The first-order valence-corrected chi connectivity index (χ1v) is 7.58. The van der Waals surface area contributed by atoms with E-state index in [1.54, 1.807) is 0 Å². The molecule has 1 aliphatic carbocycles. The quantitative estimate of drug-likeness (QED) is 0.669. The number of hydrogen-bond acceptors (Lipinski definition) is 0. The molecule has 1 aliphatic rings. The molecule has 0 aliphatic heterocycles. The van der Waals surface area contributed by atoms with E-state index in [1.807, 2.05) is 12.2 Å². The molecule has 0 spiro atoms. The smallest absolute Gasteiger partial charge is 0.0242 e. The van der Waals surface area contributed by atoms with E-state index in [1.165, 1.54) is 34.3 Å². The third-order valence-electron chi connectivity index (χ3n) is 4.80. The number of aryl methyl sites for hydroxylation is 2. The molecule has 0 heterocycles. The summed E-state index contributed by atoms with van der Waals surface area (Å²) in [5, 5.41) is 0. The summed E-state index contributed by atoms with van der Waals surface area (Å²) < 4.78 is 0. The van der Waals surface area contributed by atoms with E-state index in [4.69, 9.17) is 0 Å². The summed E-state index contributed by atoms with van der Waals surface area (Å²) >= 11 is 0. The Labute approximate surface area is 123 Å². The van der Waals surface area contributed by atoms with Gasteiger partial charge in [-0.3, -0.25) is 0 Å². The monoisotopic (exact) mass is 266 g/mol. The summed E-state index contributed by atoms with van der Waals surface area (Å²) in [4.78, 5) is 0. The van der Waals surface area contributed by atoms with Crippen LogP contribution in [0.15, 0.2) is 54.7 Å². The molecule has 2 unspecified atom stereocenters. The van der Waals surface area contributed by atoms with Crippen molar-refractivity contribution in [2.24, 2.45) is 11.8 Å². The van der Waals surface area contributed by atoms with Gasteiger partial charge in [-0.2, -0.15) is 0 Å². The standard InChI is InChI=1S/C20H26/c1-6-18-11-16(5)20(13-19(18)7-2)12-17-9-8-14(3)15(4)10-17/h6-10,16,20H,1-2,11-13H2,3-5H3. The lowest BCUT2D eigenvalue weighted by molar-refractivity contribution is 0.335. The molecule has 106 valence electrons. The molecule has 2 atom stereocenters. The first-order chi connectivity index (χ1) is 9.55. The van der Waals surface area contributed by atoms with Gasteiger partial charge in [-0.15, -0.1) is 0 Å². The predicted octanol–water partition coefficient (Wildman–Crippen LogP) is 5.56. The highest BCUT2D eigenvalue weighted by atomic mass is 14.3. The van der Waals surface area contributed by atoms with Crippen LogP contribution in [0, 0.1) is 25.7 Å². The molecule has 2 rings (SSSR count). The molecule has 20 heavy (non-hydrogen) atoms. The van der Waals surface area contributed by atoms with Crippen LogP contribution >= 0.6 is 0 Å². The van der Waals surface area contributed by atoms with Crippen molar-refractivity contribution in [3.05, 3.63) is 71.3 Å². The van der Waals surface area contributed by atoms with Crippen molar-refractivity contribution in [1.82, 2.24) is 0 Å². The van der Waals surface area contributed by atoms with E-state index in [0.717, 1.165) is 12.8 Å². The number of hydrogen-bond donors (Lipinski definition) is 0. The molecule has 0 saturated heterocycles. The molecular formula is C20H26. The highest BCUT2D eigenvalue weighted by Gasteiger charge is 2.25. The van der Waals surface area contributed by atoms with E-state index in [-0.39, 0.29) is 0 Å². The minimum Gasteiger partial charge on any atom is -0.0988 e. The molecule has 0 bridgehead atoms. The van der Waals surface area contributed by atoms with Crippen LogP contribution in [-0.4, -0.2) is 0 Å². The first-order valence-electron chi connectivity index (χ1n) is 7.58. The molecule has 0 nitrogen and oxygen atoms in total. The van der Waals surface area contributed by atoms with E-state index in [9.17, 15) is 0 Å². The van der Waals surface area contributed by atoms with Gasteiger partial charge in [0.2, 0.25) is 0 Å². The van der Waals surface area contributed by atoms with Gasteiger partial charge in [-0.25, -0.2) is 0 Å². The third kappa shape index (κ3) is 3.12. The highest BCUT2D eigenvalue weighted by Crippen LogP contribution is 2.37. The summed E-state index contributed by atoms with van der Waals surface area (Å²) in [6.07, 6.45) is 7.49. The Hall–Kier alpha value is -1.56. The van der Waals surface area contributed by atoms with Crippen molar-refractivity contribution >= 4 is 0 Å². The zero-order valence-electron chi connectivity index (χ0n) is 13.1. The Bertz CT molecular complexity index is 545. The molecule has 0 N–H and O–H groups in total. The SMILES string of the molecule is C=CC1=C(C=C)CC(Cc2ccc(C)c(C)c2)C(C)C1. The fourth-order valence-electron chi connectivity index (χ4n) is 3.19. The van der Waals surface area contributed by atoms with Crippen molar-refractivity contribution in [3.8, 4) is 0 Å². The normalized spacial score (nSPS) is 22.8. The van der Waals surface area contributed by atoms with Crippen LogP contribution in [0.4, 0.5) is 0 Å². The van der Waals surface area contributed by atoms with Crippen LogP contribution in [0.5, 0.6) is 0 Å². The maximum absolute atomic E-state index is 3.97. The van der Waals surface area contributed by atoms with Crippen molar-refractivity contribution in [1.29, 1.82) is 0 Å². The fraction of sp³-hybridized carbons (Fsp3) is 0.400. The Morgan fingerprint density at radius 3 is 2.30 bits per heavy atom. The van der Waals surface area contributed by atoms with E-state index in [0.29, 0.717) is 11.8 Å². The van der Waals surface area contributed by atoms with Crippen LogP contribution in [0.1, 0.15) is 36.5 Å². The summed E-state index contributed by atoms with van der Waals surface area (Å²) in [5.74, 6) is 1.43. The second-order valence-corrected chi connectivity index (χ2v) is 6.23.